The molecule has 2 aromatic rings. The molecule has 1 aliphatic carbocycles. The average Bonchev–Trinajstić information content (AvgIpc) is 3.19. The molecule has 1 amide bonds. The number of aromatic nitrogens is 2. The Balaban J connectivity index is 1.33. The lowest BCUT2D eigenvalue weighted by Gasteiger charge is -2.27. The second kappa shape index (κ2) is 8.93. The van der Waals surface area contributed by atoms with Gasteiger partial charge >= 0.3 is 0 Å². The quantitative estimate of drug-likeness (QED) is 0.826. The minimum atomic E-state index is 0.162. The van der Waals surface area contributed by atoms with Crippen molar-refractivity contribution in [1.82, 2.24) is 20.0 Å². The molecule has 1 fully saturated rings. The SMILES string of the molecule is O=C(CN1CC=C(c2cnn(-c3ccccc3Cl)c2)CC1)NC1CCCCC1. The number of nitrogens with one attached hydrogen (secondary N) is 1. The Labute approximate surface area is 171 Å². The molecule has 4 rings (SSSR count). The lowest BCUT2D eigenvalue weighted by Crippen LogP contribution is -2.43. The minimum Gasteiger partial charge on any atom is -0.352 e. The van der Waals surface area contributed by atoms with Crippen LogP contribution < -0.4 is 5.32 Å². The topological polar surface area (TPSA) is 50.2 Å². The summed E-state index contributed by atoms with van der Waals surface area (Å²) in [6, 6.07) is 8.08. The zero-order valence-corrected chi connectivity index (χ0v) is 16.9. The van der Waals surface area contributed by atoms with Crippen LogP contribution in [0.3, 0.4) is 0 Å². The van der Waals surface area contributed by atoms with Crippen molar-refractivity contribution >= 4 is 23.1 Å². The summed E-state index contributed by atoms with van der Waals surface area (Å²) in [4.78, 5) is 14.5. The summed E-state index contributed by atoms with van der Waals surface area (Å²) in [6.07, 6.45) is 13.1. The summed E-state index contributed by atoms with van der Waals surface area (Å²) in [6.45, 7) is 2.17. The molecule has 0 atom stereocenters. The number of benzene rings is 1. The van der Waals surface area contributed by atoms with Gasteiger partial charge in [-0.15, -0.1) is 0 Å². The van der Waals surface area contributed by atoms with Gasteiger partial charge in [0.2, 0.25) is 5.91 Å². The molecular weight excluding hydrogens is 372 g/mol. The number of halogens is 1. The predicted molar refractivity (Wildman–Crippen MR) is 113 cm³/mol. The molecule has 2 aliphatic rings. The van der Waals surface area contributed by atoms with Crippen molar-refractivity contribution < 1.29 is 4.79 Å². The van der Waals surface area contributed by atoms with Gasteiger partial charge in [-0.1, -0.05) is 49.1 Å². The van der Waals surface area contributed by atoms with Crippen LogP contribution in [0.5, 0.6) is 0 Å². The van der Waals surface area contributed by atoms with E-state index in [0.717, 1.165) is 43.6 Å². The lowest BCUT2D eigenvalue weighted by atomic mass is 9.95. The van der Waals surface area contributed by atoms with Crippen molar-refractivity contribution in [3.63, 3.8) is 0 Å². The summed E-state index contributed by atoms with van der Waals surface area (Å²) >= 11 is 6.27. The fourth-order valence-electron chi connectivity index (χ4n) is 4.10. The Morgan fingerprint density at radius 1 is 1.21 bits per heavy atom. The van der Waals surface area contributed by atoms with Crippen molar-refractivity contribution in [2.24, 2.45) is 0 Å². The van der Waals surface area contributed by atoms with Crippen LogP contribution in [-0.4, -0.2) is 46.3 Å². The predicted octanol–water partition coefficient (Wildman–Crippen LogP) is 4.06. The number of carbonyl (C=O) groups excluding carboxylic acids is 1. The molecule has 1 N–H and O–H groups in total. The third-order valence-electron chi connectivity index (χ3n) is 5.68. The number of para-hydroxylation sites is 1. The monoisotopic (exact) mass is 398 g/mol. The van der Waals surface area contributed by atoms with E-state index < -0.39 is 0 Å². The first-order valence-electron chi connectivity index (χ1n) is 10.2. The molecule has 0 radical (unpaired) electrons. The largest absolute Gasteiger partial charge is 0.352 e. The van der Waals surface area contributed by atoms with E-state index in [1.165, 1.54) is 24.8 Å². The molecule has 2 heterocycles. The van der Waals surface area contributed by atoms with Crippen molar-refractivity contribution in [2.45, 2.75) is 44.6 Å². The van der Waals surface area contributed by atoms with Gasteiger partial charge in [0, 0.05) is 30.9 Å². The second-order valence-electron chi connectivity index (χ2n) is 7.74. The second-order valence-corrected chi connectivity index (χ2v) is 8.15. The number of amides is 1. The average molecular weight is 399 g/mol. The van der Waals surface area contributed by atoms with E-state index in [2.05, 4.69) is 21.4 Å². The number of nitrogens with zero attached hydrogens (tertiary/aromatic N) is 3. The zero-order chi connectivity index (χ0) is 19.3. The van der Waals surface area contributed by atoms with Crippen LogP contribution in [0.15, 0.2) is 42.7 Å². The third-order valence-corrected chi connectivity index (χ3v) is 6.00. The molecule has 28 heavy (non-hydrogen) atoms. The van der Waals surface area contributed by atoms with Gasteiger partial charge < -0.3 is 5.32 Å². The van der Waals surface area contributed by atoms with Gasteiger partial charge in [-0.25, -0.2) is 4.68 Å². The molecule has 0 saturated heterocycles. The van der Waals surface area contributed by atoms with E-state index in [4.69, 9.17) is 11.6 Å². The Morgan fingerprint density at radius 2 is 2.04 bits per heavy atom. The highest BCUT2D eigenvalue weighted by Gasteiger charge is 2.20. The number of hydrogen-bond acceptors (Lipinski definition) is 3. The van der Waals surface area contributed by atoms with Crippen LogP contribution in [0, 0.1) is 0 Å². The van der Waals surface area contributed by atoms with Gasteiger partial charge in [-0.2, -0.15) is 5.10 Å². The highest BCUT2D eigenvalue weighted by molar-refractivity contribution is 6.32. The van der Waals surface area contributed by atoms with Crippen molar-refractivity contribution in [1.29, 1.82) is 0 Å². The zero-order valence-electron chi connectivity index (χ0n) is 16.1. The lowest BCUT2D eigenvalue weighted by molar-refractivity contribution is -0.123. The molecule has 1 aliphatic heterocycles. The van der Waals surface area contributed by atoms with E-state index in [9.17, 15) is 4.79 Å². The fraction of sp³-hybridized carbons (Fsp3) is 0.455. The summed E-state index contributed by atoms with van der Waals surface area (Å²) in [5.74, 6) is 0.162. The summed E-state index contributed by atoms with van der Waals surface area (Å²) < 4.78 is 1.82. The van der Waals surface area contributed by atoms with Gasteiger partial charge in [0.25, 0.3) is 0 Å². The Kier molecular flexibility index (Phi) is 6.13. The summed E-state index contributed by atoms with van der Waals surface area (Å²) in [5.41, 5.74) is 3.28. The summed E-state index contributed by atoms with van der Waals surface area (Å²) in [5, 5.41) is 8.36. The molecule has 148 valence electrons. The van der Waals surface area contributed by atoms with Crippen molar-refractivity contribution in [3.05, 3.63) is 53.3 Å². The Morgan fingerprint density at radius 3 is 2.79 bits per heavy atom. The highest BCUT2D eigenvalue weighted by atomic mass is 35.5. The molecule has 1 saturated carbocycles. The van der Waals surface area contributed by atoms with E-state index >= 15 is 0 Å². The molecule has 5 nitrogen and oxygen atoms in total. The third kappa shape index (κ3) is 4.65. The first-order chi connectivity index (χ1) is 13.7. The van der Waals surface area contributed by atoms with Gasteiger partial charge in [0.05, 0.1) is 23.5 Å². The molecule has 1 aromatic heterocycles. The van der Waals surface area contributed by atoms with Gasteiger partial charge in [-0.05, 0) is 37.0 Å². The van der Waals surface area contributed by atoms with Crippen LogP contribution in [0.25, 0.3) is 11.3 Å². The molecular formula is C22H27ClN4O. The van der Waals surface area contributed by atoms with Crippen molar-refractivity contribution in [3.8, 4) is 5.69 Å². The van der Waals surface area contributed by atoms with E-state index in [-0.39, 0.29) is 5.91 Å². The normalized spacial score (nSPS) is 18.7. The smallest absolute Gasteiger partial charge is 0.234 e. The molecule has 0 bridgehead atoms. The van der Waals surface area contributed by atoms with Crippen molar-refractivity contribution in [2.75, 3.05) is 19.6 Å². The maximum Gasteiger partial charge on any atom is 0.234 e. The van der Waals surface area contributed by atoms with Crippen LogP contribution in [-0.2, 0) is 4.79 Å². The molecule has 0 spiro atoms. The van der Waals surface area contributed by atoms with Crippen LogP contribution in [0.4, 0.5) is 0 Å². The Hall–Kier alpha value is -2.11. The van der Waals surface area contributed by atoms with E-state index in [1.54, 1.807) is 0 Å². The van der Waals surface area contributed by atoms with Gasteiger partial charge in [0.1, 0.15) is 0 Å². The fourth-order valence-corrected chi connectivity index (χ4v) is 4.32. The number of rotatable bonds is 5. The first-order valence-corrected chi connectivity index (χ1v) is 10.6. The number of carbonyl (C=O) groups is 1. The molecule has 0 unspecified atom stereocenters. The molecule has 1 aromatic carbocycles. The van der Waals surface area contributed by atoms with Crippen LogP contribution in [0.1, 0.15) is 44.1 Å². The minimum absolute atomic E-state index is 0.162. The highest BCUT2D eigenvalue weighted by Crippen LogP contribution is 2.25. The summed E-state index contributed by atoms with van der Waals surface area (Å²) in [7, 11) is 0. The molecule has 6 heteroatoms. The number of hydrogen-bond donors (Lipinski definition) is 1. The first kappa shape index (κ1) is 19.2. The maximum atomic E-state index is 12.3. The van der Waals surface area contributed by atoms with Gasteiger partial charge in [-0.3, -0.25) is 9.69 Å². The van der Waals surface area contributed by atoms with Gasteiger partial charge in [0.15, 0.2) is 0 Å². The maximum absolute atomic E-state index is 12.3. The standard InChI is InChI=1S/C22H27ClN4O/c23-20-8-4-5-9-21(20)27-15-18(14-24-27)17-10-12-26(13-11-17)16-22(28)25-19-6-2-1-3-7-19/h4-5,8-10,14-15,19H,1-3,6-7,11-13,16H2,(H,25,28). The van der Waals surface area contributed by atoms with Crippen LogP contribution in [0.2, 0.25) is 5.02 Å². The van der Waals surface area contributed by atoms with E-state index in [0.29, 0.717) is 17.6 Å². The Bertz CT molecular complexity index is 854. The van der Waals surface area contributed by atoms with E-state index in [1.807, 2.05) is 41.3 Å². The van der Waals surface area contributed by atoms with Crippen LogP contribution >= 0.6 is 11.6 Å².